The first-order valence-electron chi connectivity index (χ1n) is 9.11. The summed E-state index contributed by atoms with van der Waals surface area (Å²) < 4.78 is 11.1. The smallest absolute Gasteiger partial charge is 0.326 e. The molecule has 0 aliphatic rings. The summed E-state index contributed by atoms with van der Waals surface area (Å²) in [6.45, 7) is 8.34. The molecule has 0 spiro atoms. The minimum Gasteiger partial charge on any atom is -0.457 e. The molecule has 0 radical (unpaired) electrons. The van der Waals surface area contributed by atoms with Crippen LogP contribution in [0.1, 0.15) is 56.2 Å². The van der Waals surface area contributed by atoms with E-state index in [1.807, 2.05) is 36.4 Å². The molecule has 0 aliphatic heterocycles. The van der Waals surface area contributed by atoms with Crippen LogP contribution >= 0.6 is 0 Å². The van der Waals surface area contributed by atoms with Crippen molar-refractivity contribution in [1.29, 1.82) is 0 Å². The Morgan fingerprint density at radius 2 is 1.50 bits per heavy atom. The topological polar surface area (TPSA) is 61.5 Å². The van der Waals surface area contributed by atoms with Crippen LogP contribution in [0, 0.1) is 0 Å². The lowest BCUT2D eigenvalue weighted by atomic mass is 9.94. The summed E-state index contributed by atoms with van der Waals surface area (Å²) in [5.41, 5.74) is 9.18. The molecule has 2 rings (SSSR count). The van der Waals surface area contributed by atoms with Gasteiger partial charge < -0.3 is 15.2 Å². The largest absolute Gasteiger partial charge is 0.457 e. The zero-order valence-corrected chi connectivity index (χ0v) is 16.1. The van der Waals surface area contributed by atoms with E-state index in [1.54, 1.807) is 0 Å². The average molecular weight is 355 g/mol. The van der Waals surface area contributed by atoms with Gasteiger partial charge in [0, 0.05) is 0 Å². The van der Waals surface area contributed by atoms with Crippen LogP contribution in [0.25, 0.3) is 0 Å². The van der Waals surface area contributed by atoms with E-state index in [-0.39, 0.29) is 6.79 Å². The van der Waals surface area contributed by atoms with E-state index in [1.165, 1.54) is 0 Å². The van der Waals surface area contributed by atoms with Gasteiger partial charge in [0.25, 0.3) is 0 Å². The summed E-state index contributed by atoms with van der Waals surface area (Å²) in [7, 11) is 0. The summed E-state index contributed by atoms with van der Waals surface area (Å²) in [4.78, 5) is 12.1. The third-order valence-corrected chi connectivity index (χ3v) is 4.33. The summed E-state index contributed by atoms with van der Waals surface area (Å²) in [5, 5.41) is 0. The molecule has 0 heterocycles. The number of carbonyl (C=O) groups excluding carboxylic acids is 1. The summed E-state index contributed by atoms with van der Waals surface area (Å²) in [6.07, 6.45) is 0.444. The van der Waals surface area contributed by atoms with Crippen LogP contribution in [0.3, 0.4) is 0 Å². The highest BCUT2D eigenvalue weighted by Gasteiger charge is 2.18. The van der Waals surface area contributed by atoms with Gasteiger partial charge in [-0.05, 0) is 34.9 Å². The Morgan fingerprint density at radius 1 is 0.923 bits per heavy atom. The van der Waals surface area contributed by atoms with Crippen molar-refractivity contribution in [2.45, 2.75) is 52.0 Å². The second-order valence-electron chi connectivity index (χ2n) is 7.10. The predicted octanol–water partition coefficient (Wildman–Crippen LogP) is 4.38. The van der Waals surface area contributed by atoms with Gasteiger partial charge in [-0.25, -0.2) is 0 Å². The highest BCUT2D eigenvalue weighted by Crippen LogP contribution is 2.34. The molecule has 1 atom stereocenters. The van der Waals surface area contributed by atoms with Crippen molar-refractivity contribution in [2.24, 2.45) is 5.73 Å². The molecule has 0 saturated carbocycles. The maximum atomic E-state index is 12.1. The van der Waals surface area contributed by atoms with E-state index >= 15 is 0 Å². The van der Waals surface area contributed by atoms with Crippen molar-refractivity contribution in [1.82, 2.24) is 0 Å². The lowest BCUT2D eigenvalue weighted by Gasteiger charge is -2.20. The first-order chi connectivity index (χ1) is 12.4. The van der Waals surface area contributed by atoms with E-state index < -0.39 is 12.0 Å². The van der Waals surface area contributed by atoms with Gasteiger partial charge in [0.2, 0.25) is 6.79 Å². The number of hydrogen-bond acceptors (Lipinski definition) is 4. The van der Waals surface area contributed by atoms with Gasteiger partial charge in [-0.15, -0.1) is 0 Å². The maximum absolute atomic E-state index is 12.1. The van der Waals surface area contributed by atoms with Crippen molar-refractivity contribution in [3.63, 3.8) is 0 Å². The molecule has 26 heavy (non-hydrogen) atoms. The minimum absolute atomic E-state index is 0.134. The highest BCUT2D eigenvalue weighted by atomic mass is 16.7. The zero-order valence-electron chi connectivity index (χ0n) is 16.1. The van der Waals surface area contributed by atoms with Crippen LogP contribution in [-0.2, 0) is 16.0 Å². The first kappa shape index (κ1) is 20.0. The van der Waals surface area contributed by atoms with E-state index in [9.17, 15) is 4.79 Å². The quantitative estimate of drug-likeness (QED) is 0.564. The maximum Gasteiger partial charge on any atom is 0.326 e. The summed E-state index contributed by atoms with van der Waals surface area (Å²) in [5.74, 6) is 0.989. The van der Waals surface area contributed by atoms with E-state index in [4.69, 9.17) is 15.2 Å². The number of hydrogen-bond donors (Lipinski definition) is 1. The van der Waals surface area contributed by atoms with Gasteiger partial charge in [0.15, 0.2) is 0 Å². The number of nitrogens with two attached hydrogens (primary N) is 1. The summed E-state index contributed by atoms with van der Waals surface area (Å²) >= 11 is 0. The molecule has 0 bridgehead atoms. The van der Waals surface area contributed by atoms with Crippen LogP contribution in [-0.4, -0.2) is 18.8 Å². The molecule has 0 aliphatic carbocycles. The van der Waals surface area contributed by atoms with Gasteiger partial charge in [0.1, 0.15) is 11.8 Å². The van der Waals surface area contributed by atoms with Crippen LogP contribution in [0.4, 0.5) is 0 Å². The minimum atomic E-state index is -0.703. The van der Waals surface area contributed by atoms with Gasteiger partial charge in [-0.2, -0.15) is 0 Å². The third kappa shape index (κ3) is 5.33. The fourth-order valence-corrected chi connectivity index (χ4v) is 2.85. The van der Waals surface area contributed by atoms with Crippen molar-refractivity contribution < 1.29 is 14.3 Å². The predicted molar refractivity (Wildman–Crippen MR) is 104 cm³/mol. The van der Waals surface area contributed by atoms with E-state index in [2.05, 4.69) is 39.8 Å². The molecule has 2 aromatic rings. The second-order valence-corrected chi connectivity index (χ2v) is 7.10. The lowest BCUT2D eigenvalue weighted by molar-refractivity contribution is -0.151. The molecule has 4 heteroatoms. The van der Waals surface area contributed by atoms with Crippen LogP contribution in [0.5, 0.6) is 5.75 Å². The van der Waals surface area contributed by atoms with Crippen molar-refractivity contribution in [3.8, 4) is 5.75 Å². The molecule has 140 valence electrons. The van der Waals surface area contributed by atoms with Gasteiger partial charge in [-0.3, -0.25) is 4.79 Å². The molecular weight excluding hydrogens is 326 g/mol. The SMILES string of the molecule is CC(C)c1cccc(C(C)C)c1OCOC(=O)C(N)Cc1ccccc1. The number of rotatable bonds is 8. The van der Waals surface area contributed by atoms with E-state index in [0.29, 0.717) is 18.3 Å². The van der Waals surface area contributed by atoms with Gasteiger partial charge in [0.05, 0.1) is 0 Å². The fraction of sp³-hybridized carbons (Fsp3) is 0.409. The third-order valence-electron chi connectivity index (χ3n) is 4.33. The van der Waals surface area contributed by atoms with Crippen molar-refractivity contribution >= 4 is 5.97 Å². The highest BCUT2D eigenvalue weighted by molar-refractivity contribution is 5.75. The number of benzene rings is 2. The molecule has 0 amide bonds. The molecule has 1 unspecified atom stereocenters. The number of ether oxygens (including phenoxy) is 2. The number of esters is 1. The first-order valence-corrected chi connectivity index (χ1v) is 9.11. The summed E-state index contributed by atoms with van der Waals surface area (Å²) in [6, 6.07) is 15.1. The van der Waals surface area contributed by atoms with Crippen LogP contribution < -0.4 is 10.5 Å². The average Bonchev–Trinajstić information content (AvgIpc) is 2.62. The zero-order chi connectivity index (χ0) is 19.1. The standard InChI is InChI=1S/C22H29NO3/c1-15(2)18-11-8-12-19(16(3)4)21(18)25-14-26-22(24)20(23)13-17-9-6-5-7-10-17/h5-12,15-16,20H,13-14,23H2,1-4H3. The lowest BCUT2D eigenvalue weighted by Crippen LogP contribution is -2.35. The Morgan fingerprint density at radius 3 is 2.04 bits per heavy atom. The van der Waals surface area contributed by atoms with Gasteiger partial charge >= 0.3 is 5.97 Å². The normalized spacial score (nSPS) is 12.3. The molecule has 0 aromatic heterocycles. The number of carbonyl (C=O) groups is 1. The molecule has 4 nitrogen and oxygen atoms in total. The number of para-hydroxylation sites is 1. The molecule has 0 saturated heterocycles. The van der Waals surface area contributed by atoms with Crippen molar-refractivity contribution in [3.05, 3.63) is 65.2 Å². The Labute approximate surface area is 156 Å². The fourth-order valence-electron chi connectivity index (χ4n) is 2.85. The Hall–Kier alpha value is -2.33. The molecule has 2 N–H and O–H groups in total. The Bertz CT molecular complexity index is 684. The second kappa shape index (κ2) is 9.39. The van der Waals surface area contributed by atoms with Gasteiger partial charge in [-0.1, -0.05) is 76.2 Å². The molecule has 2 aromatic carbocycles. The van der Waals surface area contributed by atoms with E-state index in [0.717, 1.165) is 22.4 Å². The van der Waals surface area contributed by atoms with Crippen LogP contribution in [0.15, 0.2) is 48.5 Å². The van der Waals surface area contributed by atoms with Crippen molar-refractivity contribution in [2.75, 3.05) is 6.79 Å². The Kier molecular flexibility index (Phi) is 7.22. The monoisotopic (exact) mass is 355 g/mol. The molecule has 0 fully saturated rings. The molecular formula is C22H29NO3. The van der Waals surface area contributed by atoms with Crippen LogP contribution in [0.2, 0.25) is 0 Å². The Balaban J connectivity index is 1.97.